The second-order valence-corrected chi connectivity index (χ2v) is 11.2. The predicted octanol–water partition coefficient (Wildman–Crippen LogP) is 6.71. The summed E-state index contributed by atoms with van der Waals surface area (Å²) in [5.41, 5.74) is 1.29. The number of aryl methyl sites for hydroxylation is 1. The number of aromatic nitrogens is 4. The van der Waals surface area contributed by atoms with E-state index in [0.717, 1.165) is 11.6 Å². The first-order chi connectivity index (χ1) is 18.1. The number of alkyl halides is 3. The van der Waals surface area contributed by atoms with Gasteiger partial charge >= 0.3 is 12.3 Å². The van der Waals surface area contributed by atoms with Gasteiger partial charge in [0.15, 0.2) is 0 Å². The van der Waals surface area contributed by atoms with Crippen LogP contribution in [-0.4, -0.2) is 38.7 Å². The fraction of sp³-hybridized carbons (Fsp3) is 0.464. The second-order valence-electron chi connectivity index (χ2n) is 11.2. The van der Waals surface area contributed by atoms with Crippen molar-refractivity contribution in [3.05, 3.63) is 59.3 Å². The van der Waals surface area contributed by atoms with Gasteiger partial charge in [0.1, 0.15) is 18.1 Å². The van der Waals surface area contributed by atoms with E-state index in [-0.39, 0.29) is 18.0 Å². The van der Waals surface area contributed by atoms with Gasteiger partial charge in [-0.15, -0.1) is 0 Å². The first-order valence-corrected chi connectivity index (χ1v) is 12.8. The number of anilines is 2. The zero-order chi connectivity index (χ0) is 28.7. The average Bonchev–Trinajstić information content (AvgIpc) is 3.24. The lowest BCUT2D eigenvalue weighted by Crippen LogP contribution is -2.37. The molecule has 0 radical (unpaired) electrons. The van der Waals surface area contributed by atoms with Crippen molar-refractivity contribution in [2.24, 2.45) is 5.92 Å². The van der Waals surface area contributed by atoms with E-state index >= 15 is 0 Å². The van der Waals surface area contributed by atoms with Gasteiger partial charge in [-0.2, -0.15) is 18.2 Å². The third kappa shape index (κ3) is 6.12. The van der Waals surface area contributed by atoms with E-state index in [9.17, 15) is 18.0 Å². The maximum atomic E-state index is 13.6. The molecule has 3 aromatic rings. The van der Waals surface area contributed by atoms with Crippen molar-refractivity contribution in [2.45, 2.75) is 72.1 Å². The van der Waals surface area contributed by atoms with Gasteiger partial charge < -0.3 is 10.1 Å². The molecule has 39 heavy (non-hydrogen) atoms. The minimum absolute atomic E-state index is 0.126. The Hall–Kier alpha value is -3.76. The molecule has 1 N–H and O–H groups in total. The van der Waals surface area contributed by atoms with E-state index in [1.165, 1.54) is 4.90 Å². The molecule has 1 saturated heterocycles. The zero-order valence-electron chi connectivity index (χ0n) is 23.1. The van der Waals surface area contributed by atoms with Crippen LogP contribution in [-0.2, 0) is 16.3 Å². The average molecular weight is 543 g/mol. The molecule has 1 aliphatic heterocycles. The number of cyclic esters (lactones) is 1. The van der Waals surface area contributed by atoms with E-state index in [4.69, 9.17) is 4.74 Å². The molecule has 2 atom stereocenters. The smallest absolute Gasteiger partial charge is 0.433 e. The number of ether oxygens (including phenoxy) is 1. The highest BCUT2D eigenvalue weighted by atomic mass is 19.4. The summed E-state index contributed by atoms with van der Waals surface area (Å²) < 4.78 is 46.1. The van der Waals surface area contributed by atoms with Gasteiger partial charge in [0, 0.05) is 29.1 Å². The number of halogens is 3. The normalized spacial score (nSPS) is 16.9. The van der Waals surface area contributed by atoms with Crippen molar-refractivity contribution in [1.29, 1.82) is 0 Å². The fourth-order valence-electron chi connectivity index (χ4n) is 4.34. The van der Waals surface area contributed by atoms with Crippen LogP contribution in [0.2, 0.25) is 0 Å². The number of nitrogens with zero attached hydrogens (tertiary/aromatic N) is 5. The quantitative estimate of drug-likeness (QED) is 0.370. The number of carbonyl (C=O) groups is 1. The Kier molecular flexibility index (Phi) is 7.55. The largest absolute Gasteiger partial charge is 0.447 e. The van der Waals surface area contributed by atoms with Crippen LogP contribution in [0.25, 0.3) is 11.1 Å². The zero-order valence-corrected chi connectivity index (χ0v) is 23.1. The first kappa shape index (κ1) is 28.3. The van der Waals surface area contributed by atoms with E-state index in [1.807, 2.05) is 54.5 Å². The minimum atomic E-state index is -4.56. The Morgan fingerprint density at radius 2 is 1.74 bits per heavy atom. The number of amides is 1. The summed E-state index contributed by atoms with van der Waals surface area (Å²) in [5, 5.41) is 3.20. The predicted molar refractivity (Wildman–Crippen MR) is 142 cm³/mol. The topological polar surface area (TPSA) is 93.1 Å². The molecule has 1 fully saturated rings. The van der Waals surface area contributed by atoms with Crippen molar-refractivity contribution >= 4 is 17.9 Å². The lowest BCUT2D eigenvalue weighted by atomic mass is 9.89. The Morgan fingerprint density at radius 3 is 2.36 bits per heavy atom. The summed E-state index contributed by atoms with van der Waals surface area (Å²) >= 11 is 0. The van der Waals surface area contributed by atoms with Gasteiger partial charge in [0.05, 0.1) is 17.8 Å². The number of hydrogen-bond donors (Lipinski definition) is 1. The monoisotopic (exact) mass is 542 g/mol. The number of hydrogen-bond acceptors (Lipinski definition) is 7. The number of nitrogens with one attached hydrogen (secondary N) is 1. The molecule has 3 aromatic heterocycles. The van der Waals surface area contributed by atoms with Crippen LogP contribution in [0.15, 0.2) is 36.7 Å². The lowest BCUT2D eigenvalue weighted by molar-refractivity contribution is -0.141. The van der Waals surface area contributed by atoms with Gasteiger partial charge in [0.25, 0.3) is 0 Å². The molecule has 0 aromatic carbocycles. The molecule has 1 amide bonds. The van der Waals surface area contributed by atoms with Gasteiger partial charge in [-0.05, 0) is 55.2 Å². The molecule has 4 rings (SSSR count). The minimum Gasteiger partial charge on any atom is -0.447 e. The highest BCUT2D eigenvalue weighted by molar-refractivity contribution is 5.89. The van der Waals surface area contributed by atoms with Crippen LogP contribution < -0.4 is 10.2 Å². The first-order valence-electron chi connectivity index (χ1n) is 12.8. The SMILES string of the molecule is Cc1cc([C@H](C)Nc2nccc(N3C(=O)OC[C@@H]3C(C)C)n2)ncc1-c1cc(C(C)(C)C)nc(C(F)(F)F)c1. The molecule has 208 valence electrons. The molecule has 4 heterocycles. The van der Waals surface area contributed by atoms with Crippen LogP contribution in [0.4, 0.5) is 29.7 Å². The summed E-state index contributed by atoms with van der Waals surface area (Å²) in [4.78, 5) is 31.1. The van der Waals surface area contributed by atoms with Crippen LogP contribution in [0.5, 0.6) is 0 Å². The molecule has 11 heteroatoms. The molecule has 0 unspecified atom stereocenters. The van der Waals surface area contributed by atoms with Crippen LogP contribution in [0.3, 0.4) is 0 Å². The molecule has 0 bridgehead atoms. The summed E-state index contributed by atoms with van der Waals surface area (Å²) in [6.45, 7) is 13.5. The van der Waals surface area contributed by atoms with Crippen molar-refractivity contribution in [3.8, 4) is 11.1 Å². The Morgan fingerprint density at radius 1 is 1.05 bits per heavy atom. The lowest BCUT2D eigenvalue weighted by Gasteiger charge is -2.24. The van der Waals surface area contributed by atoms with E-state index in [2.05, 4.69) is 25.3 Å². The molecule has 0 spiro atoms. The molecule has 1 aliphatic rings. The van der Waals surface area contributed by atoms with E-state index in [1.54, 1.807) is 24.5 Å². The van der Waals surface area contributed by atoms with Gasteiger partial charge in [-0.1, -0.05) is 34.6 Å². The van der Waals surface area contributed by atoms with Crippen LogP contribution in [0.1, 0.15) is 70.2 Å². The highest BCUT2D eigenvalue weighted by Crippen LogP contribution is 2.35. The molecule has 0 aliphatic carbocycles. The Labute approximate surface area is 226 Å². The third-order valence-electron chi connectivity index (χ3n) is 6.68. The summed E-state index contributed by atoms with van der Waals surface area (Å²) in [7, 11) is 0. The van der Waals surface area contributed by atoms with Gasteiger partial charge in [-0.3, -0.25) is 9.88 Å². The summed E-state index contributed by atoms with van der Waals surface area (Å²) in [6, 6.07) is 5.78. The number of pyridine rings is 2. The standard InChI is InChI=1S/C28H33F3N6O2/c1-15(2)21-14-39-26(38)37(21)24-8-9-32-25(36-24)34-17(4)20-10-16(3)19(13-33-20)18-11-22(27(5,6)7)35-23(12-18)28(29,30)31/h8-13,15,17,21H,14H2,1-7H3,(H,32,34,36)/t17-,21+/m0/s1. The van der Waals surface area contributed by atoms with Gasteiger partial charge in [-0.25, -0.2) is 14.8 Å². The maximum Gasteiger partial charge on any atom is 0.433 e. The number of rotatable bonds is 6. The Balaban J connectivity index is 1.60. The summed E-state index contributed by atoms with van der Waals surface area (Å²) in [5.74, 6) is 0.928. The van der Waals surface area contributed by atoms with Crippen molar-refractivity contribution in [3.63, 3.8) is 0 Å². The second kappa shape index (κ2) is 10.4. The fourth-order valence-corrected chi connectivity index (χ4v) is 4.34. The third-order valence-corrected chi connectivity index (χ3v) is 6.68. The summed E-state index contributed by atoms with van der Waals surface area (Å²) in [6.07, 6.45) is -1.86. The van der Waals surface area contributed by atoms with E-state index < -0.39 is 23.4 Å². The molecular weight excluding hydrogens is 509 g/mol. The number of carbonyl (C=O) groups excluding carboxylic acids is 1. The Bertz CT molecular complexity index is 1340. The highest BCUT2D eigenvalue weighted by Gasteiger charge is 2.37. The van der Waals surface area contributed by atoms with Crippen LogP contribution in [0, 0.1) is 12.8 Å². The molecule has 0 saturated carbocycles. The van der Waals surface area contributed by atoms with Crippen molar-refractivity contribution in [2.75, 3.05) is 16.8 Å². The van der Waals surface area contributed by atoms with Crippen molar-refractivity contribution < 1.29 is 22.7 Å². The van der Waals surface area contributed by atoms with Gasteiger partial charge in [0.2, 0.25) is 5.95 Å². The molecule has 8 nitrogen and oxygen atoms in total. The van der Waals surface area contributed by atoms with E-state index in [0.29, 0.717) is 40.9 Å². The maximum absolute atomic E-state index is 13.6. The van der Waals surface area contributed by atoms with Crippen molar-refractivity contribution in [1.82, 2.24) is 19.9 Å². The molecular formula is C28H33F3N6O2. The van der Waals surface area contributed by atoms with Crippen LogP contribution >= 0.6 is 0 Å².